The van der Waals surface area contributed by atoms with E-state index < -0.39 is 4.92 Å². The van der Waals surface area contributed by atoms with Crippen LogP contribution >= 0.6 is 0 Å². The second kappa shape index (κ2) is 5.89. The Bertz CT molecular complexity index is 640. The molecule has 0 saturated heterocycles. The summed E-state index contributed by atoms with van der Waals surface area (Å²) in [6.07, 6.45) is 1.51. The maximum Gasteiger partial charge on any atom is 0.269 e. The first-order valence-corrected chi connectivity index (χ1v) is 5.81. The molecule has 0 bridgehead atoms. The number of carbonyl (C=O) groups excluding carboxylic acids is 1. The number of carbonyl (C=O) groups is 1. The smallest absolute Gasteiger partial charge is 0.269 e. The maximum absolute atomic E-state index is 12.0. The van der Waals surface area contributed by atoms with Crippen molar-refractivity contribution in [2.45, 2.75) is 6.54 Å². The molecular weight excluding hydrogens is 260 g/mol. The third-order valence-electron chi connectivity index (χ3n) is 2.62. The van der Waals surface area contributed by atoms with Crippen molar-refractivity contribution in [2.24, 2.45) is 5.73 Å². The first-order chi connectivity index (χ1) is 9.60. The monoisotopic (exact) mass is 272 g/mol. The normalized spacial score (nSPS) is 10.1. The molecule has 0 radical (unpaired) electrons. The van der Waals surface area contributed by atoms with E-state index in [1.165, 1.54) is 30.5 Å². The van der Waals surface area contributed by atoms with E-state index in [0.29, 0.717) is 16.9 Å². The van der Waals surface area contributed by atoms with Crippen LogP contribution < -0.4 is 11.1 Å². The second-order valence-corrected chi connectivity index (χ2v) is 4.00. The number of hydrogen-bond donors (Lipinski definition) is 2. The van der Waals surface area contributed by atoms with Crippen LogP contribution in [-0.4, -0.2) is 15.8 Å². The summed E-state index contributed by atoms with van der Waals surface area (Å²) in [4.78, 5) is 26.0. The SMILES string of the molecule is NCc1cc(C(=O)Nc2ccc([N+](=O)[O-])cc2)ccn1. The minimum absolute atomic E-state index is 0.0303. The highest BCUT2D eigenvalue weighted by Gasteiger charge is 2.09. The molecule has 102 valence electrons. The fourth-order valence-corrected chi connectivity index (χ4v) is 1.60. The van der Waals surface area contributed by atoms with Gasteiger partial charge in [0, 0.05) is 36.1 Å². The first-order valence-electron chi connectivity index (χ1n) is 5.81. The fraction of sp³-hybridized carbons (Fsp3) is 0.0769. The molecule has 0 unspecified atom stereocenters. The van der Waals surface area contributed by atoms with Crippen molar-refractivity contribution >= 4 is 17.3 Å². The van der Waals surface area contributed by atoms with E-state index in [1.807, 2.05) is 0 Å². The average Bonchev–Trinajstić information content (AvgIpc) is 2.47. The van der Waals surface area contributed by atoms with Crippen molar-refractivity contribution in [3.63, 3.8) is 0 Å². The summed E-state index contributed by atoms with van der Waals surface area (Å²) in [7, 11) is 0. The van der Waals surface area contributed by atoms with E-state index in [2.05, 4.69) is 10.3 Å². The number of amides is 1. The van der Waals surface area contributed by atoms with Gasteiger partial charge in [-0.1, -0.05) is 0 Å². The van der Waals surface area contributed by atoms with E-state index in [1.54, 1.807) is 12.1 Å². The van der Waals surface area contributed by atoms with Crippen LogP contribution in [0.2, 0.25) is 0 Å². The van der Waals surface area contributed by atoms with Gasteiger partial charge in [-0.15, -0.1) is 0 Å². The standard InChI is InChI=1S/C13H12N4O3/c14-8-11-7-9(5-6-15-11)13(18)16-10-1-3-12(4-2-10)17(19)20/h1-7H,8,14H2,(H,16,18). The molecule has 0 spiro atoms. The lowest BCUT2D eigenvalue weighted by Gasteiger charge is -2.05. The Balaban J connectivity index is 2.12. The summed E-state index contributed by atoms with van der Waals surface area (Å²) >= 11 is 0. The first kappa shape index (κ1) is 13.6. The Kier molecular flexibility index (Phi) is 4.02. The molecule has 3 N–H and O–H groups in total. The van der Waals surface area contributed by atoms with Crippen molar-refractivity contribution in [1.82, 2.24) is 4.98 Å². The van der Waals surface area contributed by atoms with Crippen LogP contribution in [0.3, 0.4) is 0 Å². The molecule has 2 aromatic rings. The van der Waals surface area contributed by atoms with Gasteiger partial charge in [-0.25, -0.2) is 0 Å². The van der Waals surface area contributed by atoms with Crippen molar-refractivity contribution in [1.29, 1.82) is 0 Å². The van der Waals surface area contributed by atoms with Crippen molar-refractivity contribution in [3.8, 4) is 0 Å². The van der Waals surface area contributed by atoms with Crippen molar-refractivity contribution in [3.05, 3.63) is 64.0 Å². The molecule has 0 aliphatic heterocycles. The Hall–Kier alpha value is -2.80. The van der Waals surface area contributed by atoms with Crippen LogP contribution in [0.1, 0.15) is 16.1 Å². The molecule has 7 heteroatoms. The Morgan fingerprint density at radius 3 is 2.60 bits per heavy atom. The van der Waals surface area contributed by atoms with Crippen LogP contribution in [0, 0.1) is 10.1 Å². The molecule has 1 aromatic carbocycles. The van der Waals surface area contributed by atoms with Gasteiger partial charge in [-0.3, -0.25) is 19.9 Å². The zero-order chi connectivity index (χ0) is 14.5. The van der Waals surface area contributed by atoms with Crippen LogP contribution in [0.4, 0.5) is 11.4 Å². The van der Waals surface area contributed by atoms with Crippen LogP contribution in [-0.2, 0) is 6.54 Å². The molecule has 0 saturated carbocycles. The van der Waals surface area contributed by atoms with Gasteiger partial charge in [0.2, 0.25) is 0 Å². The highest BCUT2D eigenvalue weighted by molar-refractivity contribution is 6.04. The molecule has 2 rings (SSSR count). The molecule has 0 fully saturated rings. The van der Waals surface area contributed by atoms with Gasteiger partial charge in [0.15, 0.2) is 0 Å². The van der Waals surface area contributed by atoms with Crippen molar-refractivity contribution in [2.75, 3.05) is 5.32 Å². The predicted molar refractivity (Wildman–Crippen MR) is 73.2 cm³/mol. The number of nitrogens with zero attached hydrogens (tertiary/aromatic N) is 2. The zero-order valence-corrected chi connectivity index (χ0v) is 10.4. The average molecular weight is 272 g/mol. The van der Waals surface area contributed by atoms with Crippen molar-refractivity contribution < 1.29 is 9.72 Å². The summed E-state index contributed by atoms with van der Waals surface area (Å²) in [5.74, 6) is -0.323. The van der Waals surface area contributed by atoms with E-state index in [0.717, 1.165) is 0 Å². The van der Waals surface area contributed by atoms with E-state index in [9.17, 15) is 14.9 Å². The molecule has 20 heavy (non-hydrogen) atoms. The summed E-state index contributed by atoms with van der Waals surface area (Å²) in [6.45, 7) is 0.249. The lowest BCUT2D eigenvalue weighted by molar-refractivity contribution is -0.384. The number of non-ortho nitro benzene ring substituents is 1. The van der Waals surface area contributed by atoms with Crippen LogP contribution in [0.5, 0.6) is 0 Å². The van der Waals surface area contributed by atoms with Gasteiger partial charge in [-0.2, -0.15) is 0 Å². The predicted octanol–water partition coefficient (Wildman–Crippen LogP) is 1.70. The zero-order valence-electron chi connectivity index (χ0n) is 10.4. The Morgan fingerprint density at radius 2 is 2.00 bits per heavy atom. The molecule has 1 aromatic heterocycles. The molecule has 1 heterocycles. The van der Waals surface area contributed by atoms with Gasteiger partial charge in [-0.05, 0) is 24.3 Å². The largest absolute Gasteiger partial charge is 0.325 e. The van der Waals surface area contributed by atoms with Gasteiger partial charge >= 0.3 is 0 Å². The number of nitro groups is 1. The van der Waals surface area contributed by atoms with Gasteiger partial charge < -0.3 is 11.1 Å². The summed E-state index contributed by atoms with van der Waals surface area (Å²) in [5.41, 5.74) is 6.95. The van der Waals surface area contributed by atoms with E-state index in [4.69, 9.17) is 5.73 Å². The van der Waals surface area contributed by atoms with Gasteiger partial charge in [0.1, 0.15) is 0 Å². The molecule has 0 atom stereocenters. The molecule has 0 aliphatic carbocycles. The number of benzene rings is 1. The van der Waals surface area contributed by atoms with Crippen LogP contribution in [0.15, 0.2) is 42.6 Å². The quantitative estimate of drug-likeness (QED) is 0.650. The summed E-state index contributed by atoms with van der Waals surface area (Å²) in [6, 6.07) is 8.77. The topological polar surface area (TPSA) is 111 Å². The molecule has 1 amide bonds. The molecule has 7 nitrogen and oxygen atoms in total. The van der Waals surface area contributed by atoms with Gasteiger partial charge in [0.25, 0.3) is 11.6 Å². The summed E-state index contributed by atoms with van der Waals surface area (Å²) < 4.78 is 0. The van der Waals surface area contributed by atoms with E-state index in [-0.39, 0.29) is 18.1 Å². The number of nitrogens with two attached hydrogens (primary N) is 1. The minimum atomic E-state index is -0.498. The Morgan fingerprint density at radius 1 is 1.30 bits per heavy atom. The Labute approximate surface area is 114 Å². The van der Waals surface area contributed by atoms with Gasteiger partial charge in [0.05, 0.1) is 10.6 Å². The third kappa shape index (κ3) is 3.15. The highest BCUT2D eigenvalue weighted by Crippen LogP contribution is 2.16. The number of anilines is 1. The van der Waals surface area contributed by atoms with Crippen LogP contribution in [0.25, 0.3) is 0 Å². The number of aromatic nitrogens is 1. The lowest BCUT2D eigenvalue weighted by atomic mass is 10.2. The fourth-order valence-electron chi connectivity index (χ4n) is 1.60. The number of pyridine rings is 1. The third-order valence-corrected chi connectivity index (χ3v) is 2.62. The number of rotatable bonds is 4. The molecular formula is C13H12N4O3. The number of nitrogens with one attached hydrogen (secondary N) is 1. The summed E-state index contributed by atoms with van der Waals surface area (Å²) in [5, 5.41) is 13.2. The highest BCUT2D eigenvalue weighted by atomic mass is 16.6. The number of hydrogen-bond acceptors (Lipinski definition) is 5. The molecule has 0 aliphatic rings. The maximum atomic E-state index is 12.0. The minimum Gasteiger partial charge on any atom is -0.325 e. The number of nitro benzene ring substituents is 1. The lowest BCUT2D eigenvalue weighted by Crippen LogP contribution is -2.13. The van der Waals surface area contributed by atoms with E-state index >= 15 is 0 Å². The second-order valence-electron chi connectivity index (χ2n) is 4.00.